The lowest BCUT2D eigenvalue weighted by molar-refractivity contribution is -0.384. The van der Waals surface area contributed by atoms with E-state index >= 15 is 0 Å². The van der Waals surface area contributed by atoms with Gasteiger partial charge in [-0.3, -0.25) is 30.6 Å². The van der Waals surface area contributed by atoms with E-state index in [4.69, 9.17) is 4.74 Å². The molecule has 0 saturated carbocycles. The number of nitrogens with zero attached hydrogens (tertiary/aromatic N) is 1. The van der Waals surface area contributed by atoms with E-state index in [9.17, 15) is 19.7 Å². The number of ether oxygens (including phenoxy) is 1. The Morgan fingerprint density at radius 1 is 1.08 bits per heavy atom. The fourth-order valence-electron chi connectivity index (χ4n) is 2.05. The molecule has 0 unspecified atom stereocenters. The van der Waals surface area contributed by atoms with Crippen molar-refractivity contribution in [3.63, 3.8) is 0 Å². The summed E-state index contributed by atoms with van der Waals surface area (Å²) in [6, 6.07) is 11.9. The Balaban J connectivity index is 2.03. The summed E-state index contributed by atoms with van der Waals surface area (Å²) in [5, 5.41) is 10.8. The van der Waals surface area contributed by atoms with Crippen LogP contribution >= 0.6 is 0 Å². The number of carbonyl (C=O) groups is 2. The summed E-state index contributed by atoms with van der Waals surface area (Å²) in [4.78, 5) is 34.5. The SMILES string of the molecule is CC(C)COc1ccccc1C(=O)NNC(=O)c1cccc([N+](=O)[O-])c1. The number of hydrazine groups is 1. The Morgan fingerprint density at radius 2 is 1.77 bits per heavy atom. The van der Waals surface area contributed by atoms with Crippen LogP contribution < -0.4 is 15.6 Å². The molecular weight excluding hydrogens is 338 g/mol. The molecule has 2 aromatic rings. The molecule has 0 aliphatic rings. The van der Waals surface area contributed by atoms with E-state index in [1.54, 1.807) is 24.3 Å². The monoisotopic (exact) mass is 357 g/mol. The van der Waals surface area contributed by atoms with Crippen LogP contribution in [0.25, 0.3) is 0 Å². The quantitative estimate of drug-likeness (QED) is 0.610. The van der Waals surface area contributed by atoms with Crippen molar-refractivity contribution in [3.8, 4) is 5.75 Å². The summed E-state index contributed by atoms with van der Waals surface area (Å²) in [6.07, 6.45) is 0. The Hall–Kier alpha value is -3.42. The minimum Gasteiger partial charge on any atom is -0.492 e. The zero-order chi connectivity index (χ0) is 19.1. The molecule has 26 heavy (non-hydrogen) atoms. The van der Waals surface area contributed by atoms with E-state index in [0.29, 0.717) is 18.3 Å². The molecule has 2 aromatic carbocycles. The van der Waals surface area contributed by atoms with Gasteiger partial charge < -0.3 is 4.74 Å². The van der Waals surface area contributed by atoms with Crippen molar-refractivity contribution in [2.24, 2.45) is 5.92 Å². The molecule has 0 aliphatic heterocycles. The molecule has 0 radical (unpaired) electrons. The van der Waals surface area contributed by atoms with Gasteiger partial charge in [0.15, 0.2) is 0 Å². The number of amides is 2. The average molecular weight is 357 g/mol. The molecule has 2 rings (SSSR count). The first-order chi connectivity index (χ1) is 12.4. The summed E-state index contributed by atoms with van der Waals surface area (Å²) in [6.45, 7) is 4.42. The number of hydrogen-bond donors (Lipinski definition) is 2. The van der Waals surface area contributed by atoms with Crippen molar-refractivity contribution in [2.45, 2.75) is 13.8 Å². The normalized spacial score (nSPS) is 10.3. The lowest BCUT2D eigenvalue weighted by Crippen LogP contribution is -2.41. The first-order valence-electron chi connectivity index (χ1n) is 7.95. The molecule has 0 spiro atoms. The van der Waals surface area contributed by atoms with E-state index < -0.39 is 16.7 Å². The minimum absolute atomic E-state index is 0.0591. The first-order valence-corrected chi connectivity index (χ1v) is 7.95. The van der Waals surface area contributed by atoms with E-state index in [0.717, 1.165) is 6.07 Å². The second kappa shape index (κ2) is 8.61. The Bertz CT molecular complexity index is 820. The van der Waals surface area contributed by atoms with Crippen molar-refractivity contribution in [3.05, 3.63) is 69.8 Å². The Kier molecular flexibility index (Phi) is 6.26. The summed E-state index contributed by atoms with van der Waals surface area (Å²) in [7, 11) is 0. The molecule has 0 aliphatic carbocycles. The summed E-state index contributed by atoms with van der Waals surface area (Å²) in [5.74, 6) is -0.520. The van der Waals surface area contributed by atoms with Crippen molar-refractivity contribution < 1.29 is 19.2 Å². The molecule has 0 aromatic heterocycles. The lowest BCUT2D eigenvalue weighted by Gasteiger charge is -2.13. The number of non-ortho nitro benzene ring substituents is 1. The van der Waals surface area contributed by atoms with Gasteiger partial charge in [0.1, 0.15) is 5.75 Å². The molecule has 0 heterocycles. The highest BCUT2D eigenvalue weighted by atomic mass is 16.6. The first kappa shape index (κ1) is 18.9. The average Bonchev–Trinajstić information content (AvgIpc) is 2.64. The summed E-state index contributed by atoms with van der Waals surface area (Å²) < 4.78 is 5.60. The number of hydrogen-bond acceptors (Lipinski definition) is 5. The predicted octanol–water partition coefficient (Wildman–Crippen LogP) is 2.70. The van der Waals surface area contributed by atoms with Gasteiger partial charge >= 0.3 is 0 Å². The number of nitro benzene ring substituents is 1. The van der Waals surface area contributed by atoms with E-state index in [-0.39, 0.29) is 16.8 Å². The third-order valence-electron chi connectivity index (χ3n) is 3.31. The molecule has 8 heteroatoms. The largest absolute Gasteiger partial charge is 0.492 e. The maximum Gasteiger partial charge on any atom is 0.273 e. The molecule has 2 amide bonds. The highest BCUT2D eigenvalue weighted by Gasteiger charge is 2.15. The highest BCUT2D eigenvalue weighted by molar-refractivity contribution is 6.00. The van der Waals surface area contributed by atoms with Gasteiger partial charge in [-0.15, -0.1) is 0 Å². The standard InChI is InChI=1S/C18H19N3O5/c1-12(2)11-26-16-9-4-3-8-15(16)18(23)20-19-17(22)13-6-5-7-14(10-13)21(24)25/h3-10,12H,11H2,1-2H3,(H,19,22)(H,20,23). The smallest absolute Gasteiger partial charge is 0.273 e. The van der Waals surface area contributed by atoms with Crippen LogP contribution in [0.2, 0.25) is 0 Å². The van der Waals surface area contributed by atoms with Gasteiger partial charge in [-0.2, -0.15) is 0 Å². The zero-order valence-corrected chi connectivity index (χ0v) is 14.4. The number of rotatable bonds is 6. The van der Waals surface area contributed by atoms with E-state index in [2.05, 4.69) is 10.9 Å². The van der Waals surface area contributed by atoms with Crippen LogP contribution in [0, 0.1) is 16.0 Å². The number of carbonyl (C=O) groups excluding carboxylic acids is 2. The molecule has 0 atom stereocenters. The van der Waals surface area contributed by atoms with Crippen LogP contribution in [-0.4, -0.2) is 23.3 Å². The minimum atomic E-state index is -0.664. The van der Waals surface area contributed by atoms with Gasteiger partial charge in [-0.1, -0.05) is 32.0 Å². The van der Waals surface area contributed by atoms with Gasteiger partial charge in [0, 0.05) is 17.7 Å². The van der Waals surface area contributed by atoms with Crippen LogP contribution in [0.4, 0.5) is 5.69 Å². The molecular formula is C18H19N3O5. The second-order valence-electron chi connectivity index (χ2n) is 5.92. The third-order valence-corrected chi connectivity index (χ3v) is 3.31. The van der Waals surface area contributed by atoms with Crippen molar-refractivity contribution in [1.82, 2.24) is 10.9 Å². The van der Waals surface area contributed by atoms with Crippen molar-refractivity contribution in [1.29, 1.82) is 0 Å². The fraction of sp³-hybridized carbons (Fsp3) is 0.222. The molecule has 0 fully saturated rings. The number of nitro groups is 1. The molecule has 8 nitrogen and oxygen atoms in total. The van der Waals surface area contributed by atoms with E-state index in [1.165, 1.54) is 18.2 Å². The Morgan fingerprint density at radius 3 is 2.46 bits per heavy atom. The number of para-hydroxylation sites is 1. The zero-order valence-electron chi connectivity index (χ0n) is 14.4. The second-order valence-corrected chi connectivity index (χ2v) is 5.92. The van der Waals surface area contributed by atoms with Gasteiger partial charge in [0.05, 0.1) is 17.1 Å². The van der Waals surface area contributed by atoms with Crippen LogP contribution in [0.3, 0.4) is 0 Å². The Labute approximate surface area is 150 Å². The number of benzene rings is 2. The molecule has 0 bridgehead atoms. The summed E-state index contributed by atoms with van der Waals surface area (Å²) >= 11 is 0. The summed E-state index contributed by atoms with van der Waals surface area (Å²) in [5.41, 5.74) is 4.64. The number of nitrogens with one attached hydrogen (secondary N) is 2. The van der Waals surface area contributed by atoms with Crippen LogP contribution in [0.1, 0.15) is 34.6 Å². The lowest BCUT2D eigenvalue weighted by atomic mass is 10.2. The topological polar surface area (TPSA) is 111 Å². The maximum absolute atomic E-state index is 12.3. The molecule has 136 valence electrons. The third kappa shape index (κ3) is 5.04. The van der Waals surface area contributed by atoms with Gasteiger partial charge in [-0.25, -0.2) is 0 Å². The predicted molar refractivity (Wildman–Crippen MR) is 94.8 cm³/mol. The van der Waals surface area contributed by atoms with E-state index in [1.807, 2.05) is 13.8 Å². The van der Waals surface area contributed by atoms with Gasteiger partial charge in [-0.05, 0) is 24.1 Å². The molecule has 2 N–H and O–H groups in total. The fourth-order valence-corrected chi connectivity index (χ4v) is 2.05. The van der Waals surface area contributed by atoms with Crippen molar-refractivity contribution >= 4 is 17.5 Å². The maximum atomic E-state index is 12.3. The van der Waals surface area contributed by atoms with Crippen molar-refractivity contribution in [2.75, 3.05) is 6.61 Å². The van der Waals surface area contributed by atoms with Gasteiger partial charge in [0.2, 0.25) is 0 Å². The van der Waals surface area contributed by atoms with Crippen LogP contribution in [0.15, 0.2) is 48.5 Å². The van der Waals surface area contributed by atoms with Gasteiger partial charge in [0.25, 0.3) is 17.5 Å². The highest BCUT2D eigenvalue weighted by Crippen LogP contribution is 2.18. The molecule has 0 saturated heterocycles. The van der Waals surface area contributed by atoms with Crippen LogP contribution in [-0.2, 0) is 0 Å². The van der Waals surface area contributed by atoms with Crippen LogP contribution in [0.5, 0.6) is 5.75 Å².